The van der Waals surface area contributed by atoms with Crippen LogP contribution >= 0.6 is 11.8 Å². The summed E-state index contributed by atoms with van der Waals surface area (Å²) < 4.78 is 0. The molecule has 122 valence electrons. The van der Waals surface area contributed by atoms with Crippen LogP contribution < -0.4 is 0 Å². The highest BCUT2D eigenvalue weighted by Gasteiger charge is 2.32. The number of carbonyl (C=O) groups is 1. The Labute approximate surface area is 143 Å². The molecule has 0 aromatic carbocycles. The highest BCUT2D eigenvalue weighted by Crippen LogP contribution is 2.42. The summed E-state index contributed by atoms with van der Waals surface area (Å²) in [5, 5.41) is 0.502. The normalized spacial score (nSPS) is 28.0. The van der Waals surface area contributed by atoms with E-state index in [0.717, 1.165) is 24.8 Å². The number of hydrogen-bond acceptors (Lipinski definition) is 3. The molecule has 1 saturated heterocycles. The number of allylic oxidation sites excluding steroid dienone is 5. The van der Waals surface area contributed by atoms with Crippen LogP contribution in [0.4, 0.5) is 0 Å². The standard InChI is InChI=1S/C20H25NOS/c1-21-18-10-9-15(19(22)14-5-3-2-4-6-14)7-8-16(18)13-17-11-12-23-20(17)21/h8-10,13-14,20H,2-7,11-12H2,1H3. The first-order valence-electron chi connectivity index (χ1n) is 8.94. The van der Waals surface area contributed by atoms with E-state index in [1.54, 1.807) is 5.57 Å². The molecule has 0 aromatic heterocycles. The van der Waals surface area contributed by atoms with E-state index in [1.807, 2.05) is 11.8 Å². The third kappa shape index (κ3) is 2.84. The minimum absolute atomic E-state index is 0.276. The Balaban J connectivity index is 1.59. The third-order valence-corrected chi connectivity index (χ3v) is 7.00. The van der Waals surface area contributed by atoms with Crippen molar-refractivity contribution in [1.29, 1.82) is 0 Å². The van der Waals surface area contributed by atoms with Crippen LogP contribution in [0.25, 0.3) is 0 Å². The first-order chi connectivity index (χ1) is 11.2. The number of likely N-dealkylation sites (N-methyl/N-ethyl adjacent to an activating group) is 1. The van der Waals surface area contributed by atoms with Gasteiger partial charge in [0.1, 0.15) is 0 Å². The van der Waals surface area contributed by atoms with Gasteiger partial charge < -0.3 is 4.90 Å². The molecule has 2 aliphatic carbocycles. The molecule has 4 rings (SSSR count). The summed E-state index contributed by atoms with van der Waals surface area (Å²) >= 11 is 2.03. The molecule has 2 fully saturated rings. The minimum Gasteiger partial charge on any atom is -0.358 e. The fourth-order valence-electron chi connectivity index (χ4n) is 4.28. The van der Waals surface area contributed by atoms with Crippen molar-refractivity contribution in [3.63, 3.8) is 0 Å². The number of thioether (sulfide) groups is 1. The summed E-state index contributed by atoms with van der Waals surface area (Å²) in [6, 6.07) is 0. The molecule has 2 aliphatic heterocycles. The molecule has 2 heterocycles. The first-order valence-corrected chi connectivity index (χ1v) is 9.99. The first kappa shape index (κ1) is 15.3. The monoisotopic (exact) mass is 327 g/mol. The Bertz CT molecular complexity index is 634. The van der Waals surface area contributed by atoms with Gasteiger partial charge in [0.25, 0.3) is 0 Å². The molecule has 0 radical (unpaired) electrons. The zero-order chi connectivity index (χ0) is 15.8. The van der Waals surface area contributed by atoms with E-state index < -0.39 is 0 Å². The van der Waals surface area contributed by atoms with Crippen LogP contribution in [0, 0.1) is 5.92 Å². The Hall–Kier alpha value is -1.22. The molecular formula is C20H25NOS. The van der Waals surface area contributed by atoms with Crippen molar-refractivity contribution in [2.24, 2.45) is 5.92 Å². The molecule has 23 heavy (non-hydrogen) atoms. The van der Waals surface area contributed by atoms with Crippen molar-refractivity contribution in [3.8, 4) is 0 Å². The third-order valence-electron chi connectivity index (χ3n) is 5.63. The second-order valence-corrected chi connectivity index (χ2v) is 8.30. The van der Waals surface area contributed by atoms with Crippen molar-refractivity contribution in [3.05, 3.63) is 46.7 Å². The van der Waals surface area contributed by atoms with Gasteiger partial charge in [0.15, 0.2) is 5.78 Å². The minimum atomic E-state index is 0.276. The summed E-state index contributed by atoms with van der Waals surface area (Å²) in [5.74, 6) is 1.91. The fraction of sp³-hybridized carbons (Fsp3) is 0.550. The Morgan fingerprint density at radius 1 is 1.22 bits per heavy atom. The second-order valence-electron chi connectivity index (χ2n) is 7.11. The van der Waals surface area contributed by atoms with E-state index in [-0.39, 0.29) is 5.92 Å². The number of carbonyl (C=O) groups excluding carboxylic acids is 1. The van der Waals surface area contributed by atoms with Crippen molar-refractivity contribution in [2.75, 3.05) is 12.8 Å². The predicted octanol–water partition coefficient (Wildman–Crippen LogP) is 4.61. The van der Waals surface area contributed by atoms with E-state index in [0.29, 0.717) is 11.2 Å². The Kier molecular flexibility index (Phi) is 4.23. The van der Waals surface area contributed by atoms with Crippen molar-refractivity contribution in [1.82, 2.24) is 4.90 Å². The summed E-state index contributed by atoms with van der Waals surface area (Å²) in [7, 11) is 2.19. The lowest BCUT2D eigenvalue weighted by Gasteiger charge is -2.34. The topological polar surface area (TPSA) is 20.3 Å². The molecule has 1 saturated carbocycles. The van der Waals surface area contributed by atoms with Gasteiger partial charge in [0, 0.05) is 18.7 Å². The van der Waals surface area contributed by atoms with Crippen molar-refractivity contribution < 1.29 is 4.79 Å². The van der Waals surface area contributed by atoms with Gasteiger partial charge >= 0.3 is 0 Å². The van der Waals surface area contributed by atoms with Crippen LogP contribution in [-0.4, -0.2) is 28.9 Å². The lowest BCUT2D eigenvalue weighted by molar-refractivity contribution is -0.120. The Morgan fingerprint density at radius 3 is 2.87 bits per heavy atom. The highest BCUT2D eigenvalue weighted by atomic mass is 32.2. The Morgan fingerprint density at radius 2 is 2.04 bits per heavy atom. The molecule has 3 heteroatoms. The predicted molar refractivity (Wildman–Crippen MR) is 97.2 cm³/mol. The van der Waals surface area contributed by atoms with Crippen LogP contribution in [0.5, 0.6) is 0 Å². The molecular weight excluding hydrogens is 302 g/mol. The molecule has 4 aliphatic rings. The number of ketones is 1. The van der Waals surface area contributed by atoms with Crippen molar-refractivity contribution in [2.45, 2.75) is 50.3 Å². The average molecular weight is 327 g/mol. The second kappa shape index (κ2) is 6.35. The van der Waals surface area contributed by atoms with Crippen LogP contribution in [-0.2, 0) is 4.79 Å². The molecule has 0 bridgehead atoms. The summed E-state index contributed by atoms with van der Waals surface area (Å²) in [4.78, 5) is 15.2. The molecule has 0 amide bonds. The molecule has 0 aromatic rings. The number of rotatable bonds is 2. The van der Waals surface area contributed by atoms with Gasteiger partial charge in [0.2, 0.25) is 0 Å². The maximum absolute atomic E-state index is 12.8. The highest BCUT2D eigenvalue weighted by molar-refractivity contribution is 8.00. The lowest BCUT2D eigenvalue weighted by Crippen LogP contribution is -2.31. The van der Waals surface area contributed by atoms with E-state index >= 15 is 0 Å². The number of Topliss-reactive ketones (excluding diaryl/α,β-unsaturated/α-hetero) is 1. The molecule has 1 unspecified atom stereocenters. The van der Waals surface area contributed by atoms with Gasteiger partial charge in [-0.2, -0.15) is 0 Å². The average Bonchev–Trinajstić information content (AvgIpc) is 2.95. The zero-order valence-electron chi connectivity index (χ0n) is 13.9. The number of nitrogens with zero attached hydrogens (tertiary/aromatic N) is 1. The maximum atomic E-state index is 12.8. The van der Waals surface area contributed by atoms with E-state index in [9.17, 15) is 4.79 Å². The van der Waals surface area contributed by atoms with Gasteiger partial charge in [-0.3, -0.25) is 4.79 Å². The fourth-order valence-corrected chi connectivity index (χ4v) is 5.59. The lowest BCUT2D eigenvalue weighted by atomic mass is 9.83. The van der Waals surface area contributed by atoms with Crippen LogP contribution in [0.15, 0.2) is 46.7 Å². The zero-order valence-corrected chi connectivity index (χ0v) is 14.7. The summed E-state index contributed by atoms with van der Waals surface area (Å²) in [6.45, 7) is 0. The molecule has 2 nitrogen and oxygen atoms in total. The number of fused-ring (bicyclic) bond motifs is 2. The van der Waals surface area contributed by atoms with Gasteiger partial charge in [-0.25, -0.2) is 0 Å². The van der Waals surface area contributed by atoms with Gasteiger partial charge in [-0.05, 0) is 54.2 Å². The molecule has 1 atom stereocenters. The van der Waals surface area contributed by atoms with Gasteiger partial charge in [0.05, 0.1) is 5.37 Å². The maximum Gasteiger partial charge on any atom is 0.162 e. The smallest absolute Gasteiger partial charge is 0.162 e. The van der Waals surface area contributed by atoms with E-state index in [4.69, 9.17) is 0 Å². The van der Waals surface area contributed by atoms with Crippen molar-refractivity contribution >= 4 is 17.5 Å². The summed E-state index contributed by atoms with van der Waals surface area (Å²) in [5.41, 5.74) is 5.14. The van der Waals surface area contributed by atoms with Gasteiger partial charge in [-0.1, -0.05) is 37.5 Å². The summed E-state index contributed by atoms with van der Waals surface area (Å²) in [6.07, 6.45) is 16.8. The number of hydrogen-bond donors (Lipinski definition) is 0. The quantitative estimate of drug-likeness (QED) is 0.738. The van der Waals surface area contributed by atoms with Crippen LogP contribution in [0.3, 0.4) is 0 Å². The van der Waals surface area contributed by atoms with Crippen LogP contribution in [0.1, 0.15) is 44.9 Å². The largest absolute Gasteiger partial charge is 0.358 e. The SMILES string of the molecule is CN1C2=CC=C(C(=O)C3CCCCC3)CC=C2C=C2CCSC21. The van der Waals surface area contributed by atoms with E-state index in [2.05, 4.69) is 36.3 Å². The van der Waals surface area contributed by atoms with Crippen LogP contribution in [0.2, 0.25) is 0 Å². The van der Waals surface area contributed by atoms with Gasteiger partial charge in [-0.15, -0.1) is 11.8 Å². The van der Waals surface area contributed by atoms with E-state index in [1.165, 1.54) is 42.7 Å². The molecule has 0 spiro atoms. The molecule has 0 N–H and O–H groups in total.